The zero-order valence-electron chi connectivity index (χ0n) is 22.7. The van der Waals surface area contributed by atoms with Crippen molar-refractivity contribution in [3.63, 3.8) is 0 Å². The Morgan fingerprint density at radius 1 is 1.05 bits per heavy atom. The number of sulfonamides is 1. The van der Waals surface area contributed by atoms with Crippen LogP contribution in [0.1, 0.15) is 51.5 Å². The van der Waals surface area contributed by atoms with Crippen molar-refractivity contribution in [3.05, 3.63) is 48.0 Å². The molecule has 0 spiro atoms. The first-order valence-corrected chi connectivity index (χ1v) is 15.0. The predicted octanol–water partition coefficient (Wildman–Crippen LogP) is 3.45. The molecule has 0 saturated heterocycles. The number of amides is 2. The monoisotopic (exact) mass is 559 g/mol. The van der Waals surface area contributed by atoms with Gasteiger partial charge in [-0.15, -0.1) is 0 Å². The summed E-state index contributed by atoms with van der Waals surface area (Å²) in [7, 11) is -2.27. The lowest BCUT2D eigenvalue weighted by atomic mass is 9.95. The second-order valence-corrected chi connectivity index (χ2v) is 12.0. The minimum absolute atomic E-state index is 0.0432. The molecule has 0 unspecified atom stereocenters. The summed E-state index contributed by atoms with van der Waals surface area (Å²) in [5, 5.41) is 3.10. The average Bonchev–Trinajstić information content (AvgIpc) is 3.43. The molecule has 1 heterocycles. The summed E-state index contributed by atoms with van der Waals surface area (Å²) in [5.74, 6) is 0.635. The molecule has 0 bridgehead atoms. The van der Waals surface area contributed by atoms with E-state index in [1.54, 1.807) is 44.4 Å². The molecule has 0 aromatic heterocycles. The highest BCUT2D eigenvalue weighted by atomic mass is 32.2. The Kier molecular flexibility index (Phi) is 9.21. The summed E-state index contributed by atoms with van der Waals surface area (Å²) in [6.45, 7) is 2.91. The van der Waals surface area contributed by atoms with Crippen LogP contribution in [0.4, 0.5) is 5.69 Å². The second-order valence-electron chi connectivity index (χ2n) is 9.83. The van der Waals surface area contributed by atoms with Crippen molar-refractivity contribution in [1.82, 2.24) is 10.2 Å². The highest BCUT2D eigenvalue weighted by Crippen LogP contribution is 2.36. The number of nitrogens with zero attached hydrogens (tertiary/aromatic N) is 2. The fraction of sp³-hybridized carbons (Fsp3) is 0.500. The number of nitrogens with one attached hydrogen (secondary N) is 1. The number of methoxy groups -OCH3 is 1. The number of carbonyl (C=O) groups excluding carboxylic acids is 2. The van der Waals surface area contributed by atoms with Crippen LogP contribution in [-0.2, 0) is 26.2 Å². The molecule has 2 aliphatic rings. The molecule has 1 atom stereocenters. The Morgan fingerprint density at radius 2 is 1.74 bits per heavy atom. The highest BCUT2D eigenvalue weighted by Gasteiger charge is 2.32. The van der Waals surface area contributed by atoms with Crippen molar-refractivity contribution in [2.24, 2.45) is 0 Å². The van der Waals surface area contributed by atoms with Crippen molar-refractivity contribution in [3.8, 4) is 17.2 Å². The smallest absolute Gasteiger partial charge is 0.244 e. The Hall–Kier alpha value is -3.47. The third kappa shape index (κ3) is 6.95. The number of benzene rings is 2. The van der Waals surface area contributed by atoms with E-state index in [2.05, 4.69) is 5.32 Å². The molecule has 11 heteroatoms. The molecule has 1 aliphatic carbocycles. The third-order valence-corrected chi connectivity index (χ3v) is 9.00. The molecule has 39 heavy (non-hydrogen) atoms. The summed E-state index contributed by atoms with van der Waals surface area (Å²) < 4.78 is 43.4. The average molecular weight is 560 g/mol. The van der Waals surface area contributed by atoms with Crippen LogP contribution < -0.4 is 23.8 Å². The first kappa shape index (κ1) is 28.5. The van der Waals surface area contributed by atoms with Gasteiger partial charge >= 0.3 is 0 Å². The van der Waals surface area contributed by atoms with Crippen molar-refractivity contribution in [1.29, 1.82) is 0 Å². The van der Waals surface area contributed by atoms with E-state index in [1.807, 2.05) is 12.1 Å². The summed E-state index contributed by atoms with van der Waals surface area (Å²) in [4.78, 5) is 28.6. The van der Waals surface area contributed by atoms with Crippen molar-refractivity contribution >= 4 is 27.5 Å². The summed E-state index contributed by atoms with van der Waals surface area (Å²) >= 11 is 0. The second kappa shape index (κ2) is 12.6. The Balaban J connectivity index is 1.60. The number of fused-ring (bicyclic) bond motifs is 1. The molecule has 0 radical (unpaired) electrons. The molecular weight excluding hydrogens is 522 g/mol. The maximum absolute atomic E-state index is 13.8. The van der Waals surface area contributed by atoms with Gasteiger partial charge in [-0.1, -0.05) is 31.4 Å². The molecule has 10 nitrogen and oxygen atoms in total. The van der Waals surface area contributed by atoms with Crippen LogP contribution in [0.15, 0.2) is 42.5 Å². The fourth-order valence-electron chi connectivity index (χ4n) is 4.84. The Labute approximate surface area is 230 Å². The number of ether oxygens (including phenoxy) is 3. The predicted molar refractivity (Wildman–Crippen MR) is 147 cm³/mol. The maximum Gasteiger partial charge on any atom is 0.244 e. The van der Waals surface area contributed by atoms with Crippen LogP contribution in [-0.4, -0.2) is 63.4 Å². The van der Waals surface area contributed by atoms with E-state index in [-0.39, 0.29) is 36.7 Å². The van der Waals surface area contributed by atoms with Gasteiger partial charge in [0.1, 0.15) is 18.3 Å². The summed E-state index contributed by atoms with van der Waals surface area (Å²) in [6.07, 6.45) is 5.11. The van der Waals surface area contributed by atoms with Gasteiger partial charge in [-0.25, -0.2) is 8.42 Å². The van der Waals surface area contributed by atoms with Gasteiger partial charge in [-0.2, -0.15) is 0 Å². The third-order valence-electron chi connectivity index (χ3n) is 7.25. The van der Waals surface area contributed by atoms with E-state index in [0.29, 0.717) is 17.2 Å². The normalized spacial score (nSPS) is 15.9. The van der Waals surface area contributed by atoms with Crippen LogP contribution in [0.5, 0.6) is 17.2 Å². The molecular formula is C28H37N3O7S. The van der Waals surface area contributed by atoms with Crippen molar-refractivity contribution < 1.29 is 32.2 Å². The molecule has 4 rings (SSSR count). The number of hydrogen-bond donors (Lipinski definition) is 1. The van der Waals surface area contributed by atoms with Gasteiger partial charge in [0.25, 0.3) is 0 Å². The SMILES string of the molecule is CCS(=O)(=O)N(CC(=O)N(Cc1ccc(OC)cc1)[C@@H](C)C(=O)NC1CCCCC1)c1ccc2c(c1)OCO2. The minimum atomic E-state index is -3.84. The molecule has 1 N–H and O–H groups in total. The quantitative estimate of drug-likeness (QED) is 0.449. The highest BCUT2D eigenvalue weighted by molar-refractivity contribution is 7.92. The van der Waals surface area contributed by atoms with Gasteiger partial charge in [-0.3, -0.25) is 13.9 Å². The topological polar surface area (TPSA) is 114 Å². The summed E-state index contributed by atoms with van der Waals surface area (Å²) in [5.41, 5.74) is 1.08. The van der Waals surface area contributed by atoms with Gasteiger partial charge in [-0.05, 0) is 56.5 Å². The van der Waals surface area contributed by atoms with E-state index in [9.17, 15) is 18.0 Å². The lowest BCUT2D eigenvalue weighted by Crippen LogP contribution is -2.53. The molecule has 212 valence electrons. The van der Waals surface area contributed by atoms with Gasteiger partial charge in [0.15, 0.2) is 11.5 Å². The standard InChI is InChI=1S/C28H37N3O7S/c1-4-39(34,35)31(23-12-15-25-26(16-23)38-19-37-25)18-27(32)30(17-21-10-13-24(36-3)14-11-21)20(2)28(33)29-22-8-6-5-7-9-22/h10-16,20,22H,4-9,17-19H2,1-3H3,(H,29,33)/t20-/m0/s1. The molecule has 1 saturated carbocycles. The maximum atomic E-state index is 13.8. The van der Waals surface area contributed by atoms with Crippen LogP contribution in [0.25, 0.3) is 0 Å². The number of anilines is 1. The first-order valence-electron chi connectivity index (χ1n) is 13.3. The molecule has 2 aromatic rings. The van der Waals surface area contributed by atoms with Gasteiger partial charge in [0.2, 0.25) is 28.6 Å². The largest absolute Gasteiger partial charge is 0.497 e. The minimum Gasteiger partial charge on any atom is -0.497 e. The van der Waals surface area contributed by atoms with E-state index in [0.717, 1.165) is 42.0 Å². The van der Waals surface area contributed by atoms with Crippen LogP contribution in [0.3, 0.4) is 0 Å². The van der Waals surface area contributed by atoms with Crippen LogP contribution in [0.2, 0.25) is 0 Å². The van der Waals surface area contributed by atoms with Crippen molar-refractivity contribution in [2.75, 3.05) is 30.5 Å². The number of rotatable bonds is 11. The number of carbonyl (C=O) groups is 2. The Bertz CT molecular complexity index is 1260. The van der Waals surface area contributed by atoms with Gasteiger partial charge < -0.3 is 24.4 Å². The van der Waals surface area contributed by atoms with Gasteiger partial charge in [0.05, 0.1) is 18.6 Å². The molecule has 2 aromatic carbocycles. The number of hydrogen-bond acceptors (Lipinski definition) is 7. The molecule has 2 amide bonds. The van der Waals surface area contributed by atoms with Crippen LogP contribution in [0, 0.1) is 0 Å². The van der Waals surface area contributed by atoms with E-state index >= 15 is 0 Å². The molecule has 1 fully saturated rings. The Morgan fingerprint density at radius 3 is 2.41 bits per heavy atom. The van der Waals surface area contributed by atoms with Gasteiger partial charge in [0, 0.05) is 18.7 Å². The van der Waals surface area contributed by atoms with E-state index in [1.165, 1.54) is 11.8 Å². The zero-order chi connectivity index (χ0) is 28.0. The van der Waals surface area contributed by atoms with Crippen molar-refractivity contribution in [2.45, 2.75) is 64.6 Å². The lowest BCUT2D eigenvalue weighted by molar-refractivity contribution is -0.139. The molecule has 1 aliphatic heterocycles. The van der Waals surface area contributed by atoms with Crippen LogP contribution >= 0.6 is 0 Å². The zero-order valence-corrected chi connectivity index (χ0v) is 23.5. The van der Waals surface area contributed by atoms with E-state index < -0.39 is 28.5 Å². The fourth-order valence-corrected chi connectivity index (χ4v) is 5.89. The lowest BCUT2D eigenvalue weighted by Gasteiger charge is -2.33. The van der Waals surface area contributed by atoms with E-state index in [4.69, 9.17) is 14.2 Å². The first-order chi connectivity index (χ1) is 18.7. The summed E-state index contributed by atoms with van der Waals surface area (Å²) in [6, 6.07) is 11.2.